The lowest BCUT2D eigenvalue weighted by Crippen LogP contribution is -2.27. The van der Waals surface area contributed by atoms with Crippen LogP contribution in [0, 0.1) is 0 Å². The molecule has 7 heteroatoms. The van der Waals surface area contributed by atoms with Crippen LogP contribution >= 0.6 is 22.4 Å². The first-order valence-electron chi connectivity index (χ1n) is 8.60. The molecule has 0 saturated carbocycles. The number of thioether (sulfide) groups is 1. The van der Waals surface area contributed by atoms with Crippen LogP contribution in [-0.4, -0.2) is 33.0 Å². The second kappa shape index (κ2) is 7.75. The molecule has 0 aromatic heterocycles. The number of esters is 1. The second-order valence-corrected chi connectivity index (χ2v) is 10.7. The molecule has 0 aliphatic carbocycles. The van der Waals surface area contributed by atoms with Crippen molar-refractivity contribution in [2.45, 2.75) is 41.4 Å². The Morgan fingerprint density at radius 3 is 2.56 bits per heavy atom. The van der Waals surface area contributed by atoms with Crippen LogP contribution < -0.4 is 4.74 Å². The maximum absolute atomic E-state index is 11.8. The minimum absolute atomic E-state index is 0.0349. The van der Waals surface area contributed by atoms with Crippen molar-refractivity contribution in [3.05, 3.63) is 54.1 Å². The number of carbonyl (C=O) groups is 1. The molecule has 0 fully saturated rings. The van der Waals surface area contributed by atoms with Crippen molar-refractivity contribution in [2.75, 3.05) is 12.4 Å². The normalized spacial score (nSPS) is 19.2. The van der Waals surface area contributed by atoms with E-state index in [1.54, 1.807) is 44.7 Å². The molecule has 5 nitrogen and oxygen atoms in total. The van der Waals surface area contributed by atoms with Crippen molar-refractivity contribution in [3.8, 4) is 5.75 Å². The van der Waals surface area contributed by atoms with Crippen molar-refractivity contribution < 1.29 is 23.4 Å². The smallest absolute Gasteiger partial charge is 0.344 e. The summed E-state index contributed by atoms with van der Waals surface area (Å²) in [7, 11) is -2.88. The minimum Gasteiger partial charge on any atom is -0.482 e. The maximum Gasteiger partial charge on any atom is 0.344 e. The molecule has 2 N–H and O–H groups in total. The third-order valence-electron chi connectivity index (χ3n) is 3.87. The Bertz CT molecular complexity index is 815. The molecule has 0 saturated heterocycles. The Labute approximate surface area is 165 Å². The van der Waals surface area contributed by atoms with Gasteiger partial charge in [0, 0.05) is 11.0 Å². The van der Waals surface area contributed by atoms with Gasteiger partial charge in [-0.15, -0.1) is 11.8 Å². The zero-order valence-corrected chi connectivity index (χ0v) is 17.2. The average Bonchev–Trinajstić information content (AvgIpc) is 2.83. The van der Waals surface area contributed by atoms with Gasteiger partial charge in [0.25, 0.3) is 0 Å². The third kappa shape index (κ3) is 5.19. The highest BCUT2D eigenvalue weighted by Gasteiger charge is 2.36. The van der Waals surface area contributed by atoms with Crippen LogP contribution in [0.5, 0.6) is 5.75 Å². The summed E-state index contributed by atoms with van der Waals surface area (Å²) in [5, 5.41) is -0.0349. The lowest BCUT2D eigenvalue weighted by molar-refractivity contribution is -0.157. The predicted molar refractivity (Wildman–Crippen MR) is 109 cm³/mol. The first-order chi connectivity index (χ1) is 12.6. The Kier molecular flexibility index (Phi) is 5.76. The Morgan fingerprint density at radius 1 is 1.19 bits per heavy atom. The fourth-order valence-corrected chi connectivity index (χ4v) is 6.38. The summed E-state index contributed by atoms with van der Waals surface area (Å²) >= 11 is 1.61. The van der Waals surface area contributed by atoms with E-state index in [0.717, 1.165) is 10.5 Å². The van der Waals surface area contributed by atoms with E-state index in [1.807, 2.05) is 36.4 Å². The van der Waals surface area contributed by atoms with Crippen molar-refractivity contribution in [3.63, 3.8) is 0 Å². The van der Waals surface area contributed by atoms with Gasteiger partial charge in [0.2, 0.25) is 0 Å². The molecule has 146 valence electrons. The molecular formula is C20H24O5S2. The minimum atomic E-state index is -2.88. The van der Waals surface area contributed by atoms with E-state index < -0.39 is 22.2 Å². The Balaban J connectivity index is 1.72. The van der Waals surface area contributed by atoms with Gasteiger partial charge in [-0.25, -0.2) is 4.79 Å². The second-order valence-electron chi connectivity index (χ2n) is 7.33. The largest absolute Gasteiger partial charge is 0.482 e. The van der Waals surface area contributed by atoms with E-state index >= 15 is 0 Å². The first-order valence-corrected chi connectivity index (χ1v) is 11.2. The molecule has 2 aromatic rings. The Hall–Kier alpha value is -1.67. The summed E-state index contributed by atoms with van der Waals surface area (Å²) in [6.45, 7) is 5.15. The first kappa shape index (κ1) is 20.1. The molecular weight excluding hydrogens is 384 g/mol. The highest BCUT2D eigenvalue weighted by Crippen LogP contribution is 2.63. The van der Waals surface area contributed by atoms with E-state index in [9.17, 15) is 13.9 Å². The van der Waals surface area contributed by atoms with Crippen molar-refractivity contribution in [2.24, 2.45) is 0 Å². The zero-order chi connectivity index (χ0) is 19.7. The highest BCUT2D eigenvalue weighted by atomic mass is 32.3. The third-order valence-corrected chi connectivity index (χ3v) is 7.18. The van der Waals surface area contributed by atoms with Crippen molar-refractivity contribution in [1.29, 1.82) is 0 Å². The Morgan fingerprint density at radius 2 is 1.89 bits per heavy atom. The molecule has 1 unspecified atom stereocenters. The summed E-state index contributed by atoms with van der Waals surface area (Å²) in [5.74, 6) is 0.231. The molecule has 2 aromatic carbocycles. The van der Waals surface area contributed by atoms with Crippen LogP contribution in [-0.2, 0) is 9.53 Å². The summed E-state index contributed by atoms with van der Waals surface area (Å²) in [4.78, 5) is 13.4. The topological polar surface area (TPSA) is 76.0 Å². The molecule has 0 spiro atoms. The van der Waals surface area contributed by atoms with Gasteiger partial charge >= 0.3 is 5.97 Å². The SMILES string of the molecule is CC(C)(C)OC(=O)COc1ccc2c(c1)S(O)(O)CC2Sc1ccccc1. The number of hydrogen-bond donors (Lipinski definition) is 2. The monoisotopic (exact) mass is 408 g/mol. The van der Waals surface area contributed by atoms with Crippen LogP contribution in [0.25, 0.3) is 0 Å². The van der Waals surface area contributed by atoms with Crippen LogP contribution in [0.2, 0.25) is 0 Å². The fourth-order valence-electron chi connectivity index (χ4n) is 2.82. The summed E-state index contributed by atoms with van der Waals surface area (Å²) < 4.78 is 31.8. The van der Waals surface area contributed by atoms with E-state index in [2.05, 4.69) is 0 Å². The van der Waals surface area contributed by atoms with E-state index in [0.29, 0.717) is 10.6 Å². The number of benzene rings is 2. The molecule has 0 amide bonds. The number of hydrogen-bond acceptors (Lipinski definition) is 6. The molecule has 0 radical (unpaired) electrons. The number of fused-ring (bicyclic) bond motifs is 1. The lowest BCUT2D eigenvalue weighted by Gasteiger charge is -2.27. The van der Waals surface area contributed by atoms with E-state index in [4.69, 9.17) is 9.47 Å². The van der Waals surface area contributed by atoms with Gasteiger partial charge < -0.3 is 9.47 Å². The van der Waals surface area contributed by atoms with Gasteiger partial charge in [0.1, 0.15) is 11.4 Å². The van der Waals surface area contributed by atoms with Crippen LogP contribution in [0.4, 0.5) is 0 Å². The van der Waals surface area contributed by atoms with Gasteiger partial charge in [-0.2, -0.15) is 10.6 Å². The van der Waals surface area contributed by atoms with Gasteiger partial charge in [-0.3, -0.25) is 9.11 Å². The summed E-state index contributed by atoms with van der Waals surface area (Å²) in [6.07, 6.45) is 0. The average molecular weight is 409 g/mol. The fraction of sp³-hybridized carbons (Fsp3) is 0.350. The molecule has 1 atom stereocenters. The van der Waals surface area contributed by atoms with Crippen LogP contribution in [0.1, 0.15) is 31.6 Å². The van der Waals surface area contributed by atoms with Gasteiger partial charge in [0.05, 0.1) is 15.9 Å². The molecule has 1 aliphatic heterocycles. The number of carbonyl (C=O) groups excluding carboxylic acids is 1. The maximum atomic E-state index is 11.8. The number of ether oxygens (including phenoxy) is 2. The molecule has 3 rings (SSSR count). The predicted octanol–water partition coefficient (Wildman–Crippen LogP) is 5.36. The molecule has 27 heavy (non-hydrogen) atoms. The van der Waals surface area contributed by atoms with Crippen LogP contribution in [0.3, 0.4) is 0 Å². The number of rotatable bonds is 5. The van der Waals surface area contributed by atoms with E-state index in [-0.39, 0.29) is 17.6 Å². The quantitative estimate of drug-likeness (QED) is 0.648. The lowest BCUT2D eigenvalue weighted by atomic mass is 10.1. The molecule has 1 aliphatic rings. The van der Waals surface area contributed by atoms with Gasteiger partial charge in [0.15, 0.2) is 6.61 Å². The standard InChI is InChI=1S/C20H24O5S2/c1-20(2,3)25-19(21)12-24-14-9-10-16-17(13-27(22,23)18(16)11-14)26-15-7-5-4-6-8-15/h4-11,17,22-23H,12-13H2,1-3H3. The zero-order valence-electron chi connectivity index (χ0n) is 15.5. The highest BCUT2D eigenvalue weighted by molar-refractivity contribution is 8.25. The summed E-state index contributed by atoms with van der Waals surface area (Å²) in [6, 6.07) is 15.1. The van der Waals surface area contributed by atoms with Crippen LogP contribution in [0.15, 0.2) is 58.3 Å². The summed E-state index contributed by atoms with van der Waals surface area (Å²) in [5.41, 5.74) is 0.323. The van der Waals surface area contributed by atoms with Crippen molar-refractivity contribution >= 4 is 28.3 Å². The molecule has 0 bridgehead atoms. The van der Waals surface area contributed by atoms with Crippen molar-refractivity contribution in [1.82, 2.24) is 0 Å². The van der Waals surface area contributed by atoms with Gasteiger partial charge in [-0.05, 0) is 44.5 Å². The van der Waals surface area contributed by atoms with Gasteiger partial charge in [-0.1, -0.05) is 24.3 Å². The van der Waals surface area contributed by atoms with E-state index in [1.165, 1.54) is 0 Å². The molecule has 1 heterocycles.